The van der Waals surface area contributed by atoms with E-state index >= 15 is 0 Å². The molecule has 0 amide bonds. The Morgan fingerprint density at radius 2 is 0.571 bits per heavy atom. The SMILES string of the molecule is CCCCCCCCCCCC[CH2][Sn](=[O])[CH2]CCCCCCCCCCCC. The van der Waals surface area contributed by atoms with Gasteiger partial charge in [0.25, 0.3) is 0 Å². The van der Waals surface area contributed by atoms with E-state index in [1.165, 1.54) is 141 Å². The topological polar surface area (TPSA) is 17.1 Å². The van der Waals surface area contributed by atoms with E-state index in [2.05, 4.69) is 13.8 Å². The van der Waals surface area contributed by atoms with E-state index in [4.69, 9.17) is 0 Å². The quantitative estimate of drug-likeness (QED) is 0.0950. The van der Waals surface area contributed by atoms with Crippen LogP contribution < -0.4 is 0 Å². The van der Waals surface area contributed by atoms with E-state index in [0.29, 0.717) is 0 Å². The third kappa shape index (κ3) is 24.6. The van der Waals surface area contributed by atoms with Gasteiger partial charge in [-0.2, -0.15) is 0 Å². The zero-order valence-electron chi connectivity index (χ0n) is 19.9. The molecular weight excluding hydrogens is 447 g/mol. The fraction of sp³-hybridized carbons (Fsp3) is 1.00. The molecule has 0 heterocycles. The maximum atomic E-state index is 12.2. The maximum absolute atomic E-state index is 12.2. The summed E-state index contributed by atoms with van der Waals surface area (Å²) in [4.78, 5) is 0. The Bertz CT molecular complexity index is 275. The average Bonchev–Trinajstić information content (AvgIpc) is 2.70. The molecule has 0 aliphatic heterocycles. The molecule has 0 N–H and O–H groups in total. The van der Waals surface area contributed by atoms with Crippen LogP contribution in [0.4, 0.5) is 0 Å². The number of rotatable bonds is 24. The van der Waals surface area contributed by atoms with Crippen molar-refractivity contribution in [2.75, 3.05) is 0 Å². The van der Waals surface area contributed by atoms with Crippen LogP contribution in [-0.4, -0.2) is 19.7 Å². The van der Waals surface area contributed by atoms with Gasteiger partial charge in [-0.05, 0) is 0 Å². The number of unbranched alkanes of at least 4 members (excludes halogenated alkanes) is 20. The van der Waals surface area contributed by atoms with Crippen LogP contribution in [0.5, 0.6) is 0 Å². The number of hydrogen-bond acceptors (Lipinski definition) is 1. The molecule has 168 valence electrons. The smallest absolute Gasteiger partial charge is 0.0654 e. The van der Waals surface area contributed by atoms with Crippen molar-refractivity contribution in [3.8, 4) is 0 Å². The van der Waals surface area contributed by atoms with Crippen LogP contribution in [0.15, 0.2) is 0 Å². The van der Waals surface area contributed by atoms with Crippen molar-refractivity contribution < 1.29 is 3.08 Å². The molecule has 0 rings (SSSR count). The van der Waals surface area contributed by atoms with E-state index < -0.39 is 19.7 Å². The second-order valence-electron chi connectivity index (χ2n) is 9.11. The van der Waals surface area contributed by atoms with Crippen LogP contribution in [-0.2, 0) is 3.08 Å². The molecule has 0 spiro atoms. The third-order valence-corrected chi connectivity index (χ3v) is 11.3. The fourth-order valence-electron chi connectivity index (χ4n) is 4.10. The minimum atomic E-state index is -2.17. The van der Waals surface area contributed by atoms with Gasteiger partial charge < -0.3 is 0 Å². The molecule has 0 saturated carbocycles. The van der Waals surface area contributed by atoms with Gasteiger partial charge in [-0.3, -0.25) is 0 Å². The van der Waals surface area contributed by atoms with Gasteiger partial charge in [-0.1, -0.05) is 13.8 Å². The van der Waals surface area contributed by atoms with Crippen molar-refractivity contribution in [2.45, 2.75) is 164 Å². The molecular formula is C26H54OSn. The molecule has 0 radical (unpaired) electrons. The first-order valence-electron chi connectivity index (χ1n) is 13.3. The van der Waals surface area contributed by atoms with Crippen LogP contribution in [0, 0.1) is 0 Å². The normalized spacial score (nSPS) is 11.2. The monoisotopic (exact) mass is 502 g/mol. The summed E-state index contributed by atoms with van der Waals surface area (Å²) in [6, 6.07) is 0. The molecule has 28 heavy (non-hydrogen) atoms. The molecule has 0 aromatic carbocycles. The molecule has 0 aromatic heterocycles. The zero-order valence-corrected chi connectivity index (χ0v) is 22.7. The summed E-state index contributed by atoms with van der Waals surface area (Å²) in [5.41, 5.74) is 0. The zero-order chi connectivity index (χ0) is 20.5. The Morgan fingerprint density at radius 3 is 0.821 bits per heavy atom. The van der Waals surface area contributed by atoms with Crippen molar-refractivity contribution in [1.29, 1.82) is 0 Å². The summed E-state index contributed by atoms with van der Waals surface area (Å²) >= 11 is -2.17. The van der Waals surface area contributed by atoms with Gasteiger partial charge in [-0.25, -0.2) is 0 Å². The molecule has 1 nitrogen and oxygen atoms in total. The summed E-state index contributed by atoms with van der Waals surface area (Å²) in [6.07, 6.45) is 30.7. The van der Waals surface area contributed by atoms with Crippen molar-refractivity contribution in [2.24, 2.45) is 0 Å². The van der Waals surface area contributed by atoms with Crippen molar-refractivity contribution in [3.63, 3.8) is 0 Å². The Kier molecular flexibility index (Phi) is 26.2. The summed E-state index contributed by atoms with van der Waals surface area (Å²) < 4.78 is 14.5. The second kappa shape index (κ2) is 25.6. The van der Waals surface area contributed by atoms with E-state index in [0.717, 1.165) is 8.87 Å². The molecule has 2 heteroatoms. The van der Waals surface area contributed by atoms with E-state index in [1.54, 1.807) is 0 Å². The summed E-state index contributed by atoms with van der Waals surface area (Å²) in [5, 5.41) is 0. The third-order valence-electron chi connectivity index (χ3n) is 6.12. The van der Waals surface area contributed by atoms with Crippen molar-refractivity contribution in [3.05, 3.63) is 0 Å². The van der Waals surface area contributed by atoms with E-state index in [1.807, 2.05) is 0 Å². The van der Waals surface area contributed by atoms with E-state index in [-0.39, 0.29) is 0 Å². The molecule has 0 fully saturated rings. The molecule has 0 aromatic rings. The molecule has 0 aliphatic carbocycles. The predicted octanol–water partition coefficient (Wildman–Crippen LogP) is 10.0. The molecule has 0 aliphatic rings. The second-order valence-corrected chi connectivity index (χ2v) is 15.0. The minimum Gasteiger partial charge on any atom is -0.0654 e. The standard InChI is InChI=1S/2C13H27.O.Sn/c2*1-3-5-7-9-11-13-12-10-8-6-4-2;;/h2*1,3-13H2,2H3;;. The van der Waals surface area contributed by atoms with Gasteiger partial charge in [0.2, 0.25) is 0 Å². The first-order chi connectivity index (χ1) is 13.8. The summed E-state index contributed by atoms with van der Waals surface area (Å²) in [6.45, 7) is 4.57. The van der Waals surface area contributed by atoms with Crippen LogP contribution in [0.2, 0.25) is 8.87 Å². The van der Waals surface area contributed by atoms with Gasteiger partial charge in [0.1, 0.15) is 0 Å². The van der Waals surface area contributed by atoms with Gasteiger partial charge in [0.15, 0.2) is 0 Å². The number of hydrogen-bond donors (Lipinski definition) is 0. The van der Waals surface area contributed by atoms with Crippen LogP contribution in [0.25, 0.3) is 0 Å². The van der Waals surface area contributed by atoms with Crippen molar-refractivity contribution >= 4 is 19.7 Å². The Hall–Kier alpha value is 0.599. The van der Waals surface area contributed by atoms with Crippen LogP contribution >= 0.6 is 0 Å². The average molecular weight is 501 g/mol. The van der Waals surface area contributed by atoms with E-state index in [9.17, 15) is 3.08 Å². The molecule has 0 atom stereocenters. The summed E-state index contributed by atoms with van der Waals surface area (Å²) in [5.74, 6) is 0. The van der Waals surface area contributed by atoms with Crippen molar-refractivity contribution in [1.82, 2.24) is 0 Å². The van der Waals surface area contributed by atoms with Gasteiger partial charge >= 0.3 is 173 Å². The Balaban J connectivity index is 3.13. The van der Waals surface area contributed by atoms with Gasteiger partial charge in [-0.15, -0.1) is 0 Å². The molecule has 0 unspecified atom stereocenters. The van der Waals surface area contributed by atoms with Crippen LogP contribution in [0.1, 0.15) is 155 Å². The Labute approximate surface area is 186 Å². The molecule has 0 saturated heterocycles. The van der Waals surface area contributed by atoms with Gasteiger partial charge in [0, 0.05) is 0 Å². The van der Waals surface area contributed by atoms with Crippen LogP contribution in [0.3, 0.4) is 0 Å². The van der Waals surface area contributed by atoms with Gasteiger partial charge in [0.05, 0.1) is 0 Å². The fourth-order valence-corrected chi connectivity index (χ4v) is 8.49. The predicted molar refractivity (Wildman–Crippen MR) is 129 cm³/mol. The summed E-state index contributed by atoms with van der Waals surface area (Å²) in [7, 11) is 0. The molecule has 0 bridgehead atoms. The first-order valence-corrected chi connectivity index (χ1v) is 18.5. The Morgan fingerprint density at radius 1 is 0.357 bits per heavy atom. The first kappa shape index (κ1) is 28.6. The minimum absolute atomic E-state index is 1.12.